The number of nitrogens with one attached hydrogen (secondary N) is 1. The number of hydrogen-bond acceptors (Lipinski definition) is 7. The van der Waals surface area contributed by atoms with Crippen molar-refractivity contribution in [1.82, 2.24) is 24.7 Å². The molecule has 0 aliphatic carbocycles. The number of Topliss-reactive ketones (excluding diaryl/α,β-unsaturated/α-hetero) is 1. The van der Waals surface area contributed by atoms with Crippen LogP contribution in [0.25, 0.3) is 5.82 Å². The minimum Gasteiger partial charge on any atom is -0.355 e. The van der Waals surface area contributed by atoms with E-state index in [0.717, 1.165) is 5.82 Å². The molecule has 27 heavy (non-hydrogen) atoms. The number of carbonyl (C=O) groups is 2. The van der Waals surface area contributed by atoms with Gasteiger partial charge in [-0.2, -0.15) is 5.10 Å². The van der Waals surface area contributed by atoms with Gasteiger partial charge in [-0.25, -0.2) is 19.6 Å². The van der Waals surface area contributed by atoms with E-state index in [1.54, 1.807) is 35.3 Å². The van der Waals surface area contributed by atoms with Crippen LogP contribution in [0, 0.1) is 5.92 Å². The number of nitrogens with zero attached hydrogens (tertiary/aromatic N) is 6. The van der Waals surface area contributed by atoms with Crippen LogP contribution in [0.2, 0.25) is 0 Å². The molecular weight excluding hydrogens is 346 g/mol. The lowest BCUT2D eigenvalue weighted by atomic mass is 9.99. The fraction of sp³-hybridized carbons (Fsp3) is 0.222. The molecule has 0 spiro atoms. The van der Waals surface area contributed by atoms with E-state index >= 15 is 0 Å². The zero-order valence-electron chi connectivity index (χ0n) is 14.6. The van der Waals surface area contributed by atoms with Crippen molar-refractivity contribution in [2.75, 3.05) is 23.3 Å². The highest BCUT2D eigenvalue weighted by atomic mass is 16.2. The second-order valence-electron chi connectivity index (χ2n) is 6.30. The Kier molecular flexibility index (Phi) is 4.33. The summed E-state index contributed by atoms with van der Waals surface area (Å²) in [5.74, 6) is 1.19. The monoisotopic (exact) mass is 363 g/mol. The first-order valence-corrected chi connectivity index (χ1v) is 8.44. The minimum atomic E-state index is -0.123. The van der Waals surface area contributed by atoms with Gasteiger partial charge in [-0.1, -0.05) is 0 Å². The van der Waals surface area contributed by atoms with E-state index < -0.39 is 0 Å². The van der Waals surface area contributed by atoms with Crippen LogP contribution in [0.15, 0.2) is 49.3 Å². The molecule has 3 aromatic rings. The molecule has 2 aromatic heterocycles. The number of hydrogen-bond donors (Lipinski definition) is 1. The van der Waals surface area contributed by atoms with E-state index in [1.165, 1.54) is 19.6 Å². The van der Waals surface area contributed by atoms with Crippen molar-refractivity contribution in [2.45, 2.75) is 6.92 Å². The summed E-state index contributed by atoms with van der Waals surface area (Å²) in [6.07, 6.45) is 4.47. The highest BCUT2D eigenvalue weighted by Crippen LogP contribution is 2.24. The van der Waals surface area contributed by atoms with Gasteiger partial charge in [-0.3, -0.25) is 9.59 Å². The Morgan fingerprint density at radius 3 is 2.48 bits per heavy atom. The van der Waals surface area contributed by atoms with E-state index in [1.807, 2.05) is 11.0 Å². The molecule has 1 amide bonds. The van der Waals surface area contributed by atoms with Gasteiger partial charge in [0.2, 0.25) is 5.91 Å². The van der Waals surface area contributed by atoms with E-state index in [4.69, 9.17) is 0 Å². The van der Waals surface area contributed by atoms with Gasteiger partial charge >= 0.3 is 0 Å². The molecule has 0 radical (unpaired) electrons. The Balaban J connectivity index is 1.36. The summed E-state index contributed by atoms with van der Waals surface area (Å²) < 4.78 is 1.56. The fourth-order valence-electron chi connectivity index (χ4n) is 2.83. The predicted molar refractivity (Wildman–Crippen MR) is 97.7 cm³/mol. The van der Waals surface area contributed by atoms with Crippen molar-refractivity contribution < 1.29 is 9.59 Å². The summed E-state index contributed by atoms with van der Waals surface area (Å²) in [6, 6.07) is 8.69. The molecule has 9 heteroatoms. The lowest BCUT2D eigenvalue weighted by Gasteiger charge is -2.39. The molecule has 0 unspecified atom stereocenters. The van der Waals surface area contributed by atoms with Crippen LogP contribution in [0.1, 0.15) is 17.3 Å². The Bertz CT molecular complexity index is 964. The molecule has 4 rings (SSSR count). The molecule has 1 aliphatic heterocycles. The van der Waals surface area contributed by atoms with Crippen molar-refractivity contribution in [3.8, 4) is 5.82 Å². The van der Waals surface area contributed by atoms with Crippen LogP contribution in [0.3, 0.4) is 0 Å². The third-order valence-corrected chi connectivity index (χ3v) is 4.43. The van der Waals surface area contributed by atoms with Crippen LogP contribution in [-0.2, 0) is 4.79 Å². The van der Waals surface area contributed by atoms with Gasteiger partial charge in [-0.05, 0) is 31.2 Å². The summed E-state index contributed by atoms with van der Waals surface area (Å²) in [6.45, 7) is 2.66. The largest absolute Gasteiger partial charge is 0.355 e. The number of aromatic nitrogens is 5. The van der Waals surface area contributed by atoms with E-state index in [-0.39, 0.29) is 17.6 Å². The third kappa shape index (κ3) is 3.52. The van der Waals surface area contributed by atoms with Crippen molar-refractivity contribution in [3.05, 3.63) is 54.9 Å². The average Bonchev–Trinajstić information content (AvgIpc) is 3.16. The molecule has 1 aromatic carbocycles. The molecular formula is C18H17N7O2. The fourth-order valence-corrected chi connectivity index (χ4v) is 2.83. The topological polar surface area (TPSA) is 106 Å². The second kappa shape index (κ2) is 6.94. The van der Waals surface area contributed by atoms with Gasteiger partial charge in [0.1, 0.15) is 24.8 Å². The van der Waals surface area contributed by atoms with Crippen molar-refractivity contribution >= 4 is 23.2 Å². The van der Waals surface area contributed by atoms with E-state index in [2.05, 4.69) is 25.4 Å². The predicted octanol–water partition coefficient (Wildman–Crippen LogP) is 1.33. The first-order valence-electron chi connectivity index (χ1n) is 8.44. The Labute approximate surface area is 155 Å². The Morgan fingerprint density at radius 1 is 1.07 bits per heavy atom. The first-order chi connectivity index (χ1) is 13.1. The normalized spacial score (nSPS) is 13.9. The zero-order valence-corrected chi connectivity index (χ0v) is 14.6. The van der Waals surface area contributed by atoms with Gasteiger partial charge in [0.25, 0.3) is 0 Å². The number of rotatable bonds is 5. The summed E-state index contributed by atoms with van der Waals surface area (Å²) in [5, 5.41) is 6.93. The standard InChI is InChI=1S/C18H17N7O2/c1-12(26)13-2-4-15(5-3-13)23-18(27)14-7-24(8-14)16-6-17(21-10-20-16)25-11-19-9-22-25/h2-6,9-11,14H,7-8H2,1H3,(H,23,27). The summed E-state index contributed by atoms with van der Waals surface area (Å²) in [5.41, 5.74) is 1.30. The molecule has 1 aliphatic rings. The minimum absolute atomic E-state index is 0.00220. The number of carbonyl (C=O) groups excluding carboxylic acids is 2. The number of ketones is 1. The van der Waals surface area contributed by atoms with Crippen molar-refractivity contribution in [2.24, 2.45) is 5.92 Å². The highest BCUT2D eigenvalue weighted by Gasteiger charge is 2.33. The Hall–Kier alpha value is -3.62. The van der Waals surface area contributed by atoms with Crippen LogP contribution in [-0.4, -0.2) is 49.5 Å². The van der Waals surface area contributed by atoms with Crippen LogP contribution in [0.5, 0.6) is 0 Å². The average molecular weight is 363 g/mol. The maximum absolute atomic E-state index is 12.4. The lowest BCUT2D eigenvalue weighted by Crippen LogP contribution is -2.52. The SMILES string of the molecule is CC(=O)c1ccc(NC(=O)C2CN(c3cc(-n4cncn4)ncn3)C2)cc1. The summed E-state index contributed by atoms with van der Waals surface area (Å²) >= 11 is 0. The molecule has 1 saturated heterocycles. The summed E-state index contributed by atoms with van der Waals surface area (Å²) in [7, 11) is 0. The molecule has 136 valence electrons. The molecule has 1 N–H and O–H groups in total. The third-order valence-electron chi connectivity index (χ3n) is 4.43. The molecule has 0 atom stereocenters. The quantitative estimate of drug-likeness (QED) is 0.682. The van der Waals surface area contributed by atoms with E-state index in [0.29, 0.717) is 30.2 Å². The molecule has 3 heterocycles. The number of benzene rings is 1. The van der Waals surface area contributed by atoms with Crippen LogP contribution in [0.4, 0.5) is 11.5 Å². The van der Waals surface area contributed by atoms with Gasteiger partial charge in [0.15, 0.2) is 11.6 Å². The molecule has 0 saturated carbocycles. The molecule has 0 bridgehead atoms. The van der Waals surface area contributed by atoms with Gasteiger partial charge < -0.3 is 10.2 Å². The van der Waals surface area contributed by atoms with Crippen LogP contribution < -0.4 is 10.2 Å². The van der Waals surface area contributed by atoms with Gasteiger partial charge in [0.05, 0.1) is 5.92 Å². The highest BCUT2D eigenvalue weighted by molar-refractivity contribution is 5.96. The van der Waals surface area contributed by atoms with Crippen LogP contribution >= 0.6 is 0 Å². The smallest absolute Gasteiger partial charge is 0.231 e. The number of anilines is 2. The van der Waals surface area contributed by atoms with E-state index in [9.17, 15) is 9.59 Å². The maximum Gasteiger partial charge on any atom is 0.231 e. The maximum atomic E-state index is 12.4. The zero-order chi connectivity index (χ0) is 18.8. The molecule has 1 fully saturated rings. The first kappa shape index (κ1) is 16.8. The van der Waals surface area contributed by atoms with Crippen molar-refractivity contribution in [3.63, 3.8) is 0 Å². The van der Waals surface area contributed by atoms with Gasteiger partial charge in [-0.15, -0.1) is 0 Å². The van der Waals surface area contributed by atoms with Crippen molar-refractivity contribution in [1.29, 1.82) is 0 Å². The summed E-state index contributed by atoms with van der Waals surface area (Å²) in [4.78, 5) is 38.0. The lowest BCUT2D eigenvalue weighted by molar-refractivity contribution is -0.120. The van der Waals surface area contributed by atoms with Gasteiger partial charge in [0, 0.05) is 30.4 Å². The second-order valence-corrected chi connectivity index (χ2v) is 6.30. The molecule has 9 nitrogen and oxygen atoms in total. The Morgan fingerprint density at radius 2 is 1.81 bits per heavy atom. The number of amides is 1.